The van der Waals surface area contributed by atoms with Gasteiger partial charge in [0.05, 0.1) is 4.92 Å². The van der Waals surface area contributed by atoms with Crippen molar-refractivity contribution in [3.05, 3.63) is 74.3 Å². The first-order chi connectivity index (χ1) is 13.8. The second-order valence-electron chi connectivity index (χ2n) is 7.28. The zero-order valence-corrected chi connectivity index (χ0v) is 17.1. The molecule has 0 aliphatic carbocycles. The maximum atomic E-state index is 12.8. The molecular formula is C21H22ClN3O4. The third kappa shape index (κ3) is 4.56. The highest BCUT2D eigenvalue weighted by molar-refractivity contribution is 6.31. The molecule has 0 aromatic heterocycles. The van der Waals surface area contributed by atoms with Crippen molar-refractivity contribution in [2.75, 3.05) is 26.2 Å². The van der Waals surface area contributed by atoms with E-state index in [2.05, 4.69) is 13.8 Å². The molecule has 7 nitrogen and oxygen atoms in total. The average Bonchev–Trinajstić information content (AvgIpc) is 2.72. The van der Waals surface area contributed by atoms with Crippen molar-refractivity contribution in [2.45, 2.75) is 19.8 Å². The number of nitrogens with zero attached hydrogens (tertiary/aromatic N) is 3. The van der Waals surface area contributed by atoms with Crippen LogP contribution in [0, 0.1) is 10.1 Å². The topological polar surface area (TPSA) is 83.8 Å². The summed E-state index contributed by atoms with van der Waals surface area (Å²) in [5, 5.41) is 11.4. The van der Waals surface area contributed by atoms with Crippen molar-refractivity contribution in [3.63, 3.8) is 0 Å². The number of carbonyl (C=O) groups is 2. The van der Waals surface area contributed by atoms with Crippen LogP contribution in [0.5, 0.6) is 0 Å². The van der Waals surface area contributed by atoms with Gasteiger partial charge in [-0.1, -0.05) is 37.6 Å². The van der Waals surface area contributed by atoms with E-state index >= 15 is 0 Å². The second kappa shape index (κ2) is 8.61. The standard InChI is InChI=1S/C21H22ClN3O4/c1-14(2)15-3-5-16(6-4-15)20(26)23-9-11-24(12-10-23)21(27)18-8-7-17(22)13-19(18)25(28)29/h3-8,13-14H,9-12H2,1-2H3. The molecule has 0 atom stereocenters. The lowest BCUT2D eigenvalue weighted by atomic mass is 10.0. The summed E-state index contributed by atoms with van der Waals surface area (Å²) in [5.41, 5.74) is 1.47. The number of nitro benzene ring substituents is 1. The molecule has 0 N–H and O–H groups in total. The summed E-state index contributed by atoms with van der Waals surface area (Å²) in [4.78, 5) is 39.4. The second-order valence-corrected chi connectivity index (χ2v) is 7.72. The van der Waals surface area contributed by atoms with Crippen LogP contribution in [0.3, 0.4) is 0 Å². The number of hydrogen-bond acceptors (Lipinski definition) is 4. The molecule has 0 radical (unpaired) electrons. The zero-order chi connectivity index (χ0) is 21.1. The molecule has 1 aliphatic heterocycles. The summed E-state index contributed by atoms with van der Waals surface area (Å²) >= 11 is 5.82. The smallest absolute Gasteiger partial charge is 0.283 e. The Morgan fingerprint density at radius 1 is 0.966 bits per heavy atom. The maximum Gasteiger partial charge on any atom is 0.283 e. The van der Waals surface area contributed by atoms with E-state index in [4.69, 9.17) is 11.6 Å². The third-order valence-corrected chi connectivity index (χ3v) is 5.30. The fourth-order valence-electron chi connectivity index (χ4n) is 3.31. The molecule has 2 amide bonds. The van der Waals surface area contributed by atoms with Crippen LogP contribution in [0.1, 0.15) is 46.0 Å². The van der Waals surface area contributed by atoms with Crippen molar-refractivity contribution in [1.82, 2.24) is 9.80 Å². The highest BCUT2D eigenvalue weighted by atomic mass is 35.5. The minimum Gasteiger partial charge on any atom is -0.335 e. The minimum absolute atomic E-state index is 0.00320. The summed E-state index contributed by atoms with van der Waals surface area (Å²) in [7, 11) is 0. The number of carbonyl (C=O) groups excluding carboxylic acids is 2. The largest absolute Gasteiger partial charge is 0.335 e. The van der Waals surface area contributed by atoms with Gasteiger partial charge in [0.15, 0.2) is 0 Å². The molecule has 3 rings (SSSR count). The molecule has 1 heterocycles. The molecular weight excluding hydrogens is 394 g/mol. The van der Waals surface area contributed by atoms with Crippen molar-refractivity contribution >= 4 is 29.1 Å². The zero-order valence-electron chi connectivity index (χ0n) is 16.3. The van der Waals surface area contributed by atoms with Crippen LogP contribution in [0.15, 0.2) is 42.5 Å². The summed E-state index contributed by atoms with van der Waals surface area (Å²) < 4.78 is 0. The first kappa shape index (κ1) is 20.8. The molecule has 8 heteroatoms. The van der Waals surface area contributed by atoms with E-state index in [1.165, 1.54) is 28.7 Å². The monoisotopic (exact) mass is 415 g/mol. The van der Waals surface area contributed by atoms with E-state index in [0.29, 0.717) is 37.7 Å². The predicted molar refractivity (Wildman–Crippen MR) is 110 cm³/mol. The molecule has 0 saturated carbocycles. The summed E-state index contributed by atoms with van der Waals surface area (Å²) in [6.45, 7) is 5.56. The Hall–Kier alpha value is -2.93. The molecule has 152 valence electrons. The Morgan fingerprint density at radius 2 is 1.52 bits per heavy atom. The van der Waals surface area contributed by atoms with Gasteiger partial charge in [0, 0.05) is 42.8 Å². The van der Waals surface area contributed by atoms with Gasteiger partial charge in [-0.05, 0) is 35.7 Å². The molecule has 29 heavy (non-hydrogen) atoms. The van der Waals surface area contributed by atoms with Crippen molar-refractivity contribution in [1.29, 1.82) is 0 Å². The van der Waals surface area contributed by atoms with Crippen LogP contribution in [-0.4, -0.2) is 52.7 Å². The molecule has 0 spiro atoms. The van der Waals surface area contributed by atoms with Crippen molar-refractivity contribution in [2.24, 2.45) is 0 Å². The number of benzene rings is 2. The Labute approximate surface area is 174 Å². The number of halogens is 1. The molecule has 0 bridgehead atoms. The predicted octanol–water partition coefficient (Wildman–Crippen LogP) is 3.97. The highest BCUT2D eigenvalue weighted by Crippen LogP contribution is 2.25. The van der Waals surface area contributed by atoms with E-state index < -0.39 is 10.8 Å². The minimum atomic E-state index is -0.611. The maximum absolute atomic E-state index is 12.8. The number of nitro groups is 1. The lowest BCUT2D eigenvalue weighted by molar-refractivity contribution is -0.385. The van der Waals surface area contributed by atoms with Crippen LogP contribution in [0.4, 0.5) is 5.69 Å². The first-order valence-electron chi connectivity index (χ1n) is 9.40. The van der Waals surface area contributed by atoms with E-state index in [9.17, 15) is 19.7 Å². The van der Waals surface area contributed by atoms with E-state index in [1.807, 2.05) is 24.3 Å². The van der Waals surface area contributed by atoms with Gasteiger partial charge in [-0.25, -0.2) is 0 Å². The molecule has 0 unspecified atom stereocenters. The van der Waals surface area contributed by atoms with Crippen molar-refractivity contribution in [3.8, 4) is 0 Å². The van der Waals surface area contributed by atoms with Gasteiger partial charge >= 0.3 is 0 Å². The molecule has 1 aliphatic rings. The van der Waals surface area contributed by atoms with Gasteiger partial charge in [0.2, 0.25) is 0 Å². The van der Waals surface area contributed by atoms with Gasteiger partial charge in [-0.2, -0.15) is 0 Å². The normalized spacial score (nSPS) is 14.2. The molecule has 1 saturated heterocycles. The van der Waals surface area contributed by atoms with Crippen LogP contribution < -0.4 is 0 Å². The van der Waals surface area contributed by atoms with Crippen molar-refractivity contribution < 1.29 is 14.5 Å². The fraction of sp³-hybridized carbons (Fsp3) is 0.333. The van der Waals surface area contributed by atoms with E-state index in [-0.39, 0.29) is 22.2 Å². The first-order valence-corrected chi connectivity index (χ1v) is 9.78. The number of piperazine rings is 1. The Morgan fingerprint density at radius 3 is 2.03 bits per heavy atom. The quantitative estimate of drug-likeness (QED) is 0.558. The van der Waals surface area contributed by atoms with Crippen LogP contribution >= 0.6 is 11.6 Å². The number of rotatable bonds is 4. The number of hydrogen-bond donors (Lipinski definition) is 0. The lowest BCUT2D eigenvalue weighted by Gasteiger charge is -2.34. The summed E-state index contributed by atoms with van der Waals surface area (Å²) in [6, 6.07) is 11.6. The number of amides is 2. The average molecular weight is 416 g/mol. The van der Waals surface area contributed by atoms with Gasteiger partial charge in [0.1, 0.15) is 5.56 Å². The Balaban J connectivity index is 1.67. The third-order valence-electron chi connectivity index (χ3n) is 5.07. The van der Waals surface area contributed by atoms with Gasteiger partial charge in [-0.15, -0.1) is 0 Å². The Bertz CT molecular complexity index is 935. The van der Waals surface area contributed by atoms with Gasteiger partial charge in [-0.3, -0.25) is 19.7 Å². The summed E-state index contributed by atoms with van der Waals surface area (Å²) in [6.07, 6.45) is 0. The Kier molecular flexibility index (Phi) is 6.17. The molecule has 2 aromatic carbocycles. The van der Waals surface area contributed by atoms with E-state index in [0.717, 1.165) is 0 Å². The summed E-state index contributed by atoms with van der Waals surface area (Å²) in [5.74, 6) is -0.114. The van der Waals surface area contributed by atoms with Crippen LogP contribution in [0.25, 0.3) is 0 Å². The highest BCUT2D eigenvalue weighted by Gasteiger charge is 2.29. The SMILES string of the molecule is CC(C)c1ccc(C(=O)N2CCN(C(=O)c3ccc(Cl)cc3[N+](=O)[O-])CC2)cc1. The van der Waals surface area contributed by atoms with Gasteiger partial charge < -0.3 is 9.80 Å². The molecule has 2 aromatic rings. The molecule has 1 fully saturated rings. The fourth-order valence-corrected chi connectivity index (χ4v) is 3.48. The van der Waals surface area contributed by atoms with E-state index in [1.54, 1.807) is 4.90 Å². The van der Waals surface area contributed by atoms with Gasteiger partial charge in [0.25, 0.3) is 17.5 Å². The van der Waals surface area contributed by atoms with Crippen LogP contribution in [0.2, 0.25) is 5.02 Å². The lowest BCUT2D eigenvalue weighted by Crippen LogP contribution is -2.50. The van der Waals surface area contributed by atoms with Crippen LogP contribution in [-0.2, 0) is 0 Å².